The lowest BCUT2D eigenvalue weighted by Gasteiger charge is -2.42. The molecule has 65 heavy (non-hydrogen) atoms. The molecule has 2 heterocycles. The van der Waals surface area contributed by atoms with Gasteiger partial charge in [-0.3, -0.25) is 4.79 Å². The van der Waals surface area contributed by atoms with Crippen molar-refractivity contribution in [1.29, 1.82) is 0 Å². The zero-order valence-corrected chi connectivity index (χ0v) is 40.5. The van der Waals surface area contributed by atoms with Crippen molar-refractivity contribution < 1.29 is 69.0 Å². The number of rotatable bonds is 41. The molecule has 0 bridgehead atoms. The first kappa shape index (κ1) is 59.6. The third-order valence-electron chi connectivity index (χ3n) is 12.5. The molecule has 14 heteroatoms. The third kappa shape index (κ3) is 27.3. The van der Waals surface area contributed by atoms with Crippen LogP contribution in [0.25, 0.3) is 0 Å². The van der Waals surface area contributed by atoms with Gasteiger partial charge in [-0.05, 0) is 44.9 Å². The predicted octanol–water partition coefficient (Wildman–Crippen LogP) is 7.63. The van der Waals surface area contributed by atoms with E-state index in [1.807, 2.05) is 0 Å². The fraction of sp³-hybridized carbons (Fsp3) is 0.902. The van der Waals surface area contributed by atoms with Crippen molar-refractivity contribution in [2.24, 2.45) is 0 Å². The van der Waals surface area contributed by atoms with Crippen LogP contribution in [0.5, 0.6) is 0 Å². The summed E-state index contributed by atoms with van der Waals surface area (Å²) in [7, 11) is 0. The van der Waals surface area contributed by atoms with E-state index in [2.05, 4.69) is 38.2 Å². The van der Waals surface area contributed by atoms with Crippen LogP contribution in [-0.2, 0) is 33.2 Å². The Hall–Kier alpha value is -1.53. The highest BCUT2D eigenvalue weighted by atomic mass is 16.7. The van der Waals surface area contributed by atoms with E-state index >= 15 is 0 Å². The average Bonchev–Trinajstić information content (AvgIpc) is 3.30. The second-order valence-electron chi connectivity index (χ2n) is 18.3. The van der Waals surface area contributed by atoms with Gasteiger partial charge < -0.3 is 64.2 Å². The zero-order valence-electron chi connectivity index (χ0n) is 40.5. The van der Waals surface area contributed by atoms with Crippen molar-refractivity contribution in [2.75, 3.05) is 33.0 Å². The Balaban J connectivity index is 1.77. The fourth-order valence-electron chi connectivity index (χ4n) is 8.20. The average molecular weight is 931 g/mol. The summed E-state index contributed by atoms with van der Waals surface area (Å²) in [5.41, 5.74) is 0. The molecule has 0 aromatic carbocycles. The van der Waals surface area contributed by atoms with Crippen LogP contribution in [0.4, 0.5) is 0 Å². The van der Waals surface area contributed by atoms with E-state index in [9.17, 15) is 40.5 Å². The van der Waals surface area contributed by atoms with Gasteiger partial charge in [0.05, 0.1) is 26.4 Å². The topological polar surface area (TPSA) is 214 Å². The van der Waals surface area contributed by atoms with Crippen LogP contribution in [0.1, 0.15) is 194 Å². The van der Waals surface area contributed by atoms with E-state index in [-0.39, 0.29) is 25.6 Å². The number of esters is 1. The molecule has 0 aromatic heterocycles. The number of carbonyl (C=O) groups is 1. The Bertz CT molecular complexity index is 1170. The summed E-state index contributed by atoms with van der Waals surface area (Å²) in [6, 6.07) is 0. The maximum absolute atomic E-state index is 13.0. The van der Waals surface area contributed by atoms with E-state index in [4.69, 9.17) is 28.4 Å². The Kier molecular flexibility index (Phi) is 36.1. The van der Waals surface area contributed by atoms with E-state index in [1.54, 1.807) is 0 Å². The van der Waals surface area contributed by atoms with E-state index in [0.29, 0.717) is 13.0 Å². The van der Waals surface area contributed by atoms with Gasteiger partial charge >= 0.3 is 5.97 Å². The molecule has 0 aromatic rings. The molecular formula is C51H94O14. The summed E-state index contributed by atoms with van der Waals surface area (Å²) >= 11 is 0. The number of aliphatic hydroxyl groups is 7. The van der Waals surface area contributed by atoms with Crippen molar-refractivity contribution in [1.82, 2.24) is 0 Å². The monoisotopic (exact) mass is 931 g/mol. The lowest BCUT2D eigenvalue weighted by atomic mass is 9.98. The van der Waals surface area contributed by atoms with Crippen molar-refractivity contribution in [3.8, 4) is 0 Å². The Morgan fingerprint density at radius 3 is 1.49 bits per heavy atom. The van der Waals surface area contributed by atoms with Crippen molar-refractivity contribution in [3.05, 3.63) is 24.3 Å². The van der Waals surface area contributed by atoms with Crippen LogP contribution in [0.2, 0.25) is 0 Å². The fourth-order valence-corrected chi connectivity index (χ4v) is 8.20. The number of carbonyl (C=O) groups excluding carboxylic acids is 1. The van der Waals surface area contributed by atoms with Crippen LogP contribution >= 0.6 is 0 Å². The second kappa shape index (κ2) is 39.3. The van der Waals surface area contributed by atoms with Gasteiger partial charge in [-0.15, -0.1) is 0 Å². The largest absolute Gasteiger partial charge is 0.457 e. The number of unbranched alkanes of at least 4 members (excludes halogenated alkanes) is 23. The molecule has 11 atom stereocenters. The minimum atomic E-state index is -1.71. The number of hydrogen-bond acceptors (Lipinski definition) is 14. The first-order valence-corrected chi connectivity index (χ1v) is 25.9. The minimum absolute atomic E-state index is 0.0598. The van der Waals surface area contributed by atoms with Crippen molar-refractivity contribution in [3.63, 3.8) is 0 Å². The molecule has 0 amide bonds. The number of hydrogen-bond donors (Lipinski definition) is 7. The summed E-state index contributed by atoms with van der Waals surface area (Å²) in [5, 5.41) is 72.1. The van der Waals surface area contributed by atoms with Crippen LogP contribution in [0.15, 0.2) is 24.3 Å². The molecule has 2 aliphatic rings. The third-order valence-corrected chi connectivity index (χ3v) is 12.5. The van der Waals surface area contributed by atoms with Gasteiger partial charge in [-0.1, -0.05) is 167 Å². The second-order valence-corrected chi connectivity index (χ2v) is 18.3. The molecule has 0 saturated carbocycles. The lowest BCUT2D eigenvalue weighted by Crippen LogP contribution is -2.61. The SMILES string of the molecule is CCCCCC/C=C\C/C=C\CCCCCCCC(=O)OC(COCCCCCCCCCCCCCCCCC)COC1OC(COC2OC(CO)C(O)C(O)C2O)C(O)C(O)C1O. The van der Waals surface area contributed by atoms with Crippen molar-refractivity contribution >= 4 is 5.97 Å². The smallest absolute Gasteiger partial charge is 0.306 e. The minimum Gasteiger partial charge on any atom is -0.457 e. The Morgan fingerprint density at radius 1 is 0.508 bits per heavy atom. The van der Waals surface area contributed by atoms with Crippen LogP contribution in [0.3, 0.4) is 0 Å². The molecule has 7 N–H and O–H groups in total. The molecule has 2 fully saturated rings. The zero-order chi connectivity index (χ0) is 47.3. The maximum atomic E-state index is 13.0. The molecule has 2 saturated heterocycles. The highest BCUT2D eigenvalue weighted by Crippen LogP contribution is 2.26. The Morgan fingerprint density at radius 2 is 0.954 bits per heavy atom. The van der Waals surface area contributed by atoms with Gasteiger partial charge in [0.25, 0.3) is 0 Å². The van der Waals surface area contributed by atoms with Gasteiger partial charge in [0.1, 0.15) is 54.9 Å². The molecule has 2 aliphatic heterocycles. The number of allylic oxidation sites excluding steroid dienone is 4. The predicted molar refractivity (Wildman–Crippen MR) is 252 cm³/mol. The quantitative estimate of drug-likeness (QED) is 0.0179. The highest BCUT2D eigenvalue weighted by Gasteiger charge is 2.47. The summed E-state index contributed by atoms with van der Waals surface area (Å²) in [5.74, 6) is -0.387. The van der Waals surface area contributed by atoms with E-state index in [0.717, 1.165) is 64.2 Å². The number of ether oxygens (including phenoxy) is 6. The molecule has 11 unspecified atom stereocenters. The molecule has 0 radical (unpaired) electrons. The van der Waals surface area contributed by atoms with Gasteiger partial charge in [0.15, 0.2) is 12.6 Å². The first-order chi connectivity index (χ1) is 31.6. The Labute approximate surface area is 392 Å². The van der Waals surface area contributed by atoms with Gasteiger partial charge in [-0.25, -0.2) is 0 Å². The molecular weight excluding hydrogens is 837 g/mol. The lowest BCUT2D eigenvalue weighted by molar-refractivity contribution is -0.332. The highest BCUT2D eigenvalue weighted by molar-refractivity contribution is 5.69. The molecule has 2 rings (SSSR count). The van der Waals surface area contributed by atoms with Crippen LogP contribution in [0, 0.1) is 0 Å². The van der Waals surface area contributed by atoms with Gasteiger partial charge in [0, 0.05) is 13.0 Å². The van der Waals surface area contributed by atoms with E-state index < -0.39 is 80.7 Å². The van der Waals surface area contributed by atoms with Gasteiger partial charge in [-0.2, -0.15) is 0 Å². The van der Waals surface area contributed by atoms with Gasteiger partial charge in [0.2, 0.25) is 0 Å². The summed E-state index contributed by atoms with van der Waals surface area (Å²) in [6.07, 6.45) is 25.2. The summed E-state index contributed by atoms with van der Waals surface area (Å²) in [6.45, 7) is 3.67. The van der Waals surface area contributed by atoms with Crippen LogP contribution < -0.4 is 0 Å². The molecule has 0 spiro atoms. The normalized spacial score (nSPS) is 26.7. The van der Waals surface area contributed by atoms with E-state index in [1.165, 1.54) is 103 Å². The maximum Gasteiger partial charge on any atom is 0.306 e. The molecule has 382 valence electrons. The first-order valence-electron chi connectivity index (χ1n) is 25.9. The van der Waals surface area contributed by atoms with Crippen LogP contribution in [-0.4, -0.2) is 142 Å². The molecule has 0 aliphatic carbocycles. The summed E-state index contributed by atoms with van der Waals surface area (Å²) < 4.78 is 34.3. The summed E-state index contributed by atoms with van der Waals surface area (Å²) in [4.78, 5) is 13.0. The molecule has 14 nitrogen and oxygen atoms in total. The standard InChI is InChI=1S/C51H94O14/c1-3-5-7-9-11-13-15-17-19-20-22-24-26-28-30-32-34-43(53)63-40(37-60-35-33-31-29-27-25-23-21-18-16-14-12-10-8-6-4-2)38-61-50-49(59)47(57)45(55)42(65-50)39-62-51-48(58)46(56)44(54)41(36-52)64-51/h13,15,19-20,40-42,44-52,54-59H,3-12,14,16-18,21-39H2,1-2H3/b15-13-,20-19-. The van der Waals surface area contributed by atoms with Crippen molar-refractivity contribution in [2.45, 2.75) is 261 Å². The number of aliphatic hydroxyl groups excluding tert-OH is 7.